The van der Waals surface area contributed by atoms with E-state index in [1.165, 1.54) is 40.0 Å². The number of aromatic nitrogens is 6. The minimum absolute atomic E-state index is 0.0711. The zero-order valence-electron chi connectivity index (χ0n) is 26.4. The molecule has 16 heteroatoms. The molecule has 0 radical (unpaired) electrons. The van der Waals surface area contributed by atoms with E-state index in [1.807, 2.05) is 4.90 Å². The van der Waals surface area contributed by atoms with Crippen LogP contribution in [0.25, 0.3) is 11.0 Å². The number of sulfone groups is 1. The molecule has 246 valence electrons. The number of piperazine rings is 1. The number of carbonyl (C=O) groups is 1. The van der Waals surface area contributed by atoms with Crippen molar-refractivity contribution in [3.05, 3.63) is 75.7 Å². The van der Waals surface area contributed by atoms with E-state index in [1.54, 1.807) is 38.4 Å². The van der Waals surface area contributed by atoms with Gasteiger partial charge in [-0.05, 0) is 38.1 Å². The number of carbonyl (C=O) groups excluding carboxylic acids is 1. The summed E-state index contributed by atoms with van der Waals surface area (Å²) in [4.78, 5) is 41.8. The van der Waals surface area contributed by atoms with Gasteiger partial charge in [-0.25, -0.2) is 22.8 Å². The molecule has 1 aliphatic rings. The SMILES string of the molecule is CC(C)C(=O)c1cc2cnc(Nc3ccc(N4C[C@@H](C)N[C@@H](C)C4)c(F)c3)nc2n(Cc2nn(C)cc2S(=O)(=O)c2nccs2)c1=O. The number of nitrogens with zero attached hydrogens (tertiary/aromatic N) is 7. The van der Waals surface area contributed by atoms with Crippen LogP contribution in [0.15, 0.2) is 62.3 Å². The Morgan fingerprint density at radius 1 is 1.17 bits per heavy atom. The summed E-state index contributed by atoms with van der Waals surface area (Å²) in [5.74, 6) is -1.19. The van der Waals surface area contributed by atoms with Gasteiger partial charge in [0, 0.05) is 73.2 Å². The van der Waals surface area contributed by atoms with Crippen molar-refractivity contribution in [2.45, 2.75) is 55.6 Å². The molecule has 47 heavy (non-hydrogen) atoms. The van der Waals surface area contributed by atoms with Gasteiger partial charge in [-0.1, -0.05) is 13.8 Å². The number of hydrogen-bond donors (Lipinski definition) is 2. The molecule has 0 amide bonds. The number of ketones is 1. The van der Waals surface area contributed by atoms with Crippen LogP contribution in [-0.2, 0) is 23.4 Å². The maximum atomic E-state index is 15.3. The molecule has 0 bridgehead atoms. The second-order valence-electron chi connectivity index (χ2n) is 12.0. The fourth-order valence-electron chi connectivity index (χ4n) is 5.78. The van der Waals surface area contributed by atoms with E-state index in [0.717, 1.165) is 11.3 Å². The zero-order valence-corrected chi connectivity index (χ0v) is 28.1. The lowest BCUT2D eigenvalue weighted by molar-refractivity contribution is 0.0937. The number of halogens is 1. The molecule has 1 aliphatic heterocycles. The maximum Gasteiger partial charge on any atom is 0.263 e. The number of thiazole rings is 1. The number of fused-ring (bicyclic) bond motifs is 1. The molecular weight excluding hydrogens is 646 g/mol. The van der Waals surface area contributed by atoms with Crippen LogP contribution in [-0.4, -0.2) is 68.7 Å². The van der Waals surface area contributed by atoms with Gasteiger partial charge in [0.15, 0.2) is 5.78 Å². The third-order valence-corrected chi connectivity index (χ3v) is 10.8. The van der Waals surface area contributed by atoms with Crippen molar-refractivity contribution in [2.75, 3.05) is 23.3 Å². The number of rotatable bonds is 9. The first kappa shape index (κ1) is 32.4. The smallest absolute Gasteiger partial charge is 0.263 e. The van der Waals surface area contributed by atoms with Crippen molar-refractivity contribution < 1.29 is 17.6 Å². The molecule has 0 saturated carbocycles. The first-order valence-electron chi connectivity index (χ1n) is 15.0. The summed E-state index contributed by atoms with van der Waals surface area (Å²) in [6.07, 6.45) is 4.20. The average molecular weight is 680 g/mol. The van der Waals surface area contributed by atoms with Crippen molar-refractivity contribution in [3.63, 3.8) is 0 Å². The largest absolute Gasteiger partial charge is 0.366 e. The molecular formula is C31H34FN9O4S2. The van der Waals surface area contributed by atoms with Crippen molar-refractivity contribution in [3.8, 4) is 0 Å². The topological polar surface area (TPSA) is 157 Å². The highest BCUT2D eigenvalue weighted by Gasteiger charge is 2.29. The minimum atomic E-state index is -4.05. The second-order valence-corrected chi connectivity index (χ2v) is 15.0. The van der Waals surface area contributed by atoms with E-state index in [0.29, 0.717) is 29.9 Å². The standard InChI is InChI=1S/C31H34FN9O4S2/c1-17(2)27(42)22-10-20-12-34-30(36-21-6-7-25(23(32)11-21)40-13-18(3)35-19(4)14-40)37-28(20)41(29(22)43)15-24-26(16-39(5)38-24)47(44,45)31-33-8-9-46-31/h6-12,16-19,35H,13-15H2,1-5H3,(H,34,36,37)/t18-,19+. The summed E-state index contributed by atoms with van der Waals surface area (Å²) in [6, 6.07) is 6.66. The first-order valence-corrected chi connectivity index (χ1v) is 17.4. The number of pyridine rings is 1. The Labute approximate surface area is 274 Å². The van der Waals surface area contributed by atoms with Gasteiger partial charge < -0.3 is 15.5 Å². The second kappa shape index (κ2) is 12.6. The fraction of sp³-hybridized carbons (Fsp3) is 0.355. The molecule has 1 saturated heterocycles. The summed E-state index contributed by atoms with van der Waals surface area (Å²) < 4.78 is 44.7. The molecule has 0 aliphatic carbocycles. The van der Waals surface area contributed by atoms with Gasteiger partial charge in [-0.15, -0.1) is 11.3 Å². The molecule has 0 spiro atoms. The van der Waals surface area contributed by atoms with Gasteiger partial charge in [0.05, 0.1) is 17.8 Å². The normalized spacial score (nSPS) is 17.0. The van der Waals surface area contributed by atoms with Crippen LogP contribution in [0.4, 0.5) is 21.7 Å². The Morgan fingerprint density at radius 3 is 2.57 bits per heavy atom. The van der Waals surface area contributed by atoms with Crippen LogP contribution in [0.2, 0.25) is 0 Å². The van der Waals surface area contributed by atoms with Crippen LogP contribution in [0.1, 0.15) is 43.7 Å². The number of hydrogen-bond acceptors (Lipinski definition) is 12. The number of Topliss-reactive ketones (excluding diaryl/α,β-unsaturated/α-hetero) is 1. The third-order valence-electron chi connectivity index (χ3n) is 7.82. The minimum Gasteiger partial charge on any atom is -0.366 e. The molecule has 0 unspecified atom stereocenters. The molecule has 1 aromatic carbocycles. The van der Waals surface area contributed by atoms with Crippen molar-refractivity contribution >= 4 is 55.3 Å². The highest BCUT2D eigenvalue weighted by molar-refractivity contribution is 7.93. The molecule has 1 fully saturated rings. The Bertz CT molecular complexity index is 2140. The summed E-state index contributed by atoms with van der Waals surface area (Å²) >= 11 is 0.967. The van der Waals surface area contributed by atoms with Crippen molar-refractivity contribution in [1.82, 2.24) is 34.6 Å². The summed E-state index contributed by atoms with van der Waals surface area (Å²) in [5.41, 5.74) is 0.360. The summed E-state index contributed by atoms with van der Waals surface area (Å²) in [7, 11) is -2.48. The lowest BCUT2D eigenvalue weighted by atomic mass is 10.0. The van der Waals surface area contributed by atoms with Crippen LogP contribution < -0.4 is 21.1 Å². The van der Waals surface area contributed by atoms with E-state index in [4.69, 9.17) is 0 Å². The lowest BCUT2D eigenvalue weighted by Gasteiger charge is -2.37. The lowest BCUT2D eigenvalue weighted by Crippen LogP contribution is -2.54. The average Bonchev–Trinajstić information content (AvgIpc) is 3.69. The van der Waals surface area contributed by atoms with Crippen molar-refractivity contribution in [2.24, 2.45) is 13.0 Å². The van der Waals surface area contributed by atoms with E-state index in [9.17, 15) is 18.0 Å². The molecule has 6 rings (SSSR count). The van der Waals surface area contributed by atoms with Crippen LogP contribution in [0.3, 0.4) is 0 Å². The quantitative estimate of drug-likeness (QED) is 0.219. The highest BCUT2D eigenvalue weighted by atomic mass is 32.2. The molecule has 4 aromatic heterocycles. The predicted molar refractivity (Wildman–Crippen MR) is 177 cm³/mol. The highest BCUT2D eigenvalue weighted by Crippen LogP contribution is 2.28. The zero-order chi connectivity index (χ0) is 33.6. The number of benzene rings is 1. The fourth-order valence-corrected chi connectivity index (χ4v) is 8.18. The van der Waals surface area contributed by atoms with Gasteiger partial charge in [0.1, 0.15) is 22.1 Å². The van der Waals surface area contributed by atoms with Crippen LogP contribution >= 0.6 is 11.3 Å². The number of aryl methyl sites for hydroxylation is 1. The molecule has 5 aromatic rings. The van der Waals surface area contributed by atoms with Gasteiger partial charge >= 0.3 is 0 Å². The van der Waals surface area contributed by atoms with Gasteiger partial charge in [0.25, 0.3) is 5.56 Å². The Kier molecular flexibility index (Phi) is 8.67. The molecule has 5 heterocycles. The van der Waals surface area contributed by atoms with Crippen LogP contribution in [0.5, 0.6) is 0 Å². The van der Waals surface area contributed by atoms with E-state index in [-0.39, 0.29) is 56.5 Å². The Hall–Kier alpha value is -4.54. The Balaban J connectivity index is 1.40. The summed E-state index contributed by atoms with van der Waals surface area (Å²) in [6.45, 7) is 8.52. The first-order chi connectivity index (χ1) is 22.3. The Morgan fingerprint density at radius 2 is 1.91 bits per heavy atom. The molecule has 13 nitrogen and oxygen atoms in total. The number of nitrogens with one attached hydrogen (secondary N) is 2. The van der Waals surface area contributed by atoms with Gasteiger partial charge in [-0.2, -0.15) is 10.1 Å². The van der Waals surface area contributed by atoms with E-state index in [2.05, 4.69) is 44.5 Å². The van der Waals surface area contributed by atoms with Crippen LogP contribution in [0, 0.1) is 11.7 Å². The number of anilines is 3. The predicted octanol–water partition coefficient (Wildman–Crippen LogP) is 3.77. The van der Waals surface area contributed by atoms with Gasteiger partial charge in [0.2, 0.25) is 20.1 Å². The van der Waals surface area contributed by atoms with Gasteiger partial charge in [-0.3, -0.25) is 18.8 Å². The third kappa shape index (κ3) is 6.40. The monoisotopic (exact) mass is 679 g/mol. The van der Waals surface area contributed by atoms with Crippen molar-refractivity contribution in [1.29, 1.82) is 0 Å². The maximum absolute atomic E-state index is 15.3. The molecule has 2 atom stereocenters. The summed E-state index contributed by atoms with van der Waals surface area (Å²) in [5, 5.41) is 12.7. The van der Waals surface area contributed by atoms with E-state index >= 15 is 4.39 Å². The molecule has 2 N–H and O–H groups in total. The van der Waals surface area contributed by atoms with E-state index < -0.39 is 27.1 Å².